The van der Waals surface area contributed by atoms with E-state index in [-0.39, 0.29) is 18.3 Å². The Morgan fingerprint density at radius 2 is 1.82 bits per heavy atom. The molecule has 1 aromatic carbocycles. The maximum absolute atomic E-state index is 13.2. The van der Waals surface area contributed by atoms with Crippen LogP contribution in [0.15, 0.2) is 24.3 Å². The molecule has 1 amide bonds. The molecule has 0 bridgehead atoms. The van der Waals surface area contributed by atoms with Crippen LogP contribution in [-0.2, 0) is 10.2 Å². The van der Waals surface area contributed by atoms with Gasteiger partial charge in [0.05, 0.1) is 18.5 Å². The summed E-state index contributed by atoms with van der Waals surface area (Å²) in [6.07, 6.45) is 3.13. The van der Waals surface area contributed by atoms with Crippen molar-refractivity contribution >= 4 is 29.9 Å². The van der Waals surface area contributed by atoms with Gasteiger partial charge in [-0.25, -0.2) is 8.78 Å². The average Bonchev–Trinajstić information content (AvgIpc) is 2.96. The first-order valence-electron chi connectivity index (χ1n) is 7.02. The molecule has 0 saturated heterocycles. The molecule has 0 aromatic heterocycles. The van der Waals surface area contributed by atoms with E-state index in [0.717, 1.165) is 18.4 Å². The van der Waals surface area contributed by atoms with Crippen molar-refractivity contribution in [3.05, 3.63) is 34.9 Å². The molecule has 1 saturated carbocycles. The summed E-state index contributed by atoms with van der Waals surface area (Å²) in [7, 11) is 0. The second-order valence-corrected chi connectivity index (χ2v) is 5.98. The number of amides is 1. The third-order valence-electron chi connectivity index (χ3n) is 4.09. The number of hydrogen-bond acceptors (Lipinski definition) is 2. The first-order valence-corrected chi connectivity index (χ1v) is 7.40. The number of nitrogens with two attached hydrogens (primary N) is 1. The van der Waals surface area contributed by atoms with E-state index in [1.165, 1.54) is 0 Å². The topological polar surface area (TPSA) is 55.1 Å². The predicted molar refractivity (Wildman–Crippen MR) is 85.9 cm³/mol. The summed E-state index contributed by atoms with van der Waals surface area (Å²) in [5, 5.41) is 2.95. The number of carbonyl (C=O) groups is 1. The number of alkyl halides is 2. The zero-order valence-corrected chi connectivity index (χ0v) is 13.7. The summed E-state index contributed by atoms with van der Waals surface area (Å²) in [6, 6.07) is 7.04. The molecule has 1 aliphatic rings. The number of rotatable bonds is 5. The van der Waals surface area contributed by atoms with Gasteiger partial charge in [-0.1, -0.05) is 36.6 Å². The van der Waals surface area contributed by atoms with E-state index < -0.39 is 24.4 Å². The molecule has 22 heavy (non-hydrogen) atoms. The SMILES string of the molecule is Cl.NCC(F)(F)CNC(=O)C1(c2ccc(Cl)cc2)CCCC1. The van der Waals surface area contributed by atoms with Crippen LogP contribution in [0.25, 0.3) is 0 Å². The van der Waals surface area contributed by atoms with Gasteiger partial charge in [-0.15, -0.1) is 12.4 Å². The van der Waals surface area contributed by atoms with E-state index in [0.29, 0.717) is 17.9 Å². The van der Waals surface area contributed by atoms with Crippen LogP contribution < -0.4 is 11.1 Å². The van der Waals surface area contributed by atoms with Crippen LogP contribution >= 0.6 is 24.0 Å². The molecule has 0 aliphatic heterocycles. The zero-order chi connectivity index (χ0) is 15.5. The number of halogens is 4. The fourth-order valence-corrected chi connectivity index (χ4v) is 2.97. The maximum Gasteiger partial charge on any atom is 0.277 e. The van der Waals surface area contributed by atoms with Gasteiger partial charge >= 0.3 is 0 Å². The Hall–Kier alpha value is -0.910. The molecule has 124 valence electrons. The Morgan fingerprint density at radius 3 is 2.32 bits per heavy atom. The van der Waals surface area contributed by atoms with E-state index in [4.69, 9.17) is 17.3 Å². The fourth-order valence-electron chi connectivity index (χ4n) is 2.85. The molecule has 0 atom stereocenters. The summed E-state index contributed by atoms with van der Waals surface area (Å²) >= 11 is 5.87. The normalized spacial score (nSPS) is 16.9. The molecular weight excluding hydrogens is 333 g/mol. The lowest BCUT2D eigenvalue weighted by atomic mass is 9.78. The first-order chi connectivity index (χ1) is 9.89. The molecule has 1 fully saturated rings. The highest BCUT2D eigenvalue weighted by atomic mass is 35.5. The van der Waals surface area contributed by atoms with Crippen molar-refractivity contribution in [3.63, 3.8) is 0 Å². The Balaban J connectivity index is 0.00000242. The second-order valence-electron chi connectivity index (χ2n) is 5.54. The van der Waals surface area contributed by atoms with E-state index >= 15 is 0 Å². The summed E-state index contributed by atoms with van der Waals surface area (Å²) < 4.78 is 26.4. The summed E-state index contributed by atoms with van der Waals surface area (Å²) in [5.41, 5.74) is 5.10. The van der Waals surface area contributed by atoms with Gasteiger partial charge in [-0.05, 0) is 30.5 Å². The lowest BCUT2D eigenvalue weighted by molar-refractivity contribution is -0.128. The molecular formula is C15H20Cl2F2N2O. The minimum atomic E-state index is -3.07. The smallest absolute Gasteiger partial charge is 0.277 e. The number of benzene rings is 1. The van der Waals surface area contributed by atoms with Crippen LogP contribution in [-0.4, -0.2) is 24.9 Å². The molecule has 1 aliphatic carbocycles. The van der Waals surface area contributed by atoms with Gasteiger partial charge in [-0.2, -0.15) is 0 Å². The first kappa shape index (κ1) is 19.1. The van der Waals surface area contributed by atoms with Gasteiger partial charge in [0.2, 0.25) is 5.91 Å². The Morgan fingerprint density at radius 1 is 1.27 bits per heavy atom. The van der Waals surface area contributed by atoms with Crippen molar-refractivity contribution in [1.82, 2.24) is 5.32 Å². The molecule has 1 aromatic rings. The van der Waals surface area contributed by atoms with E-state index in [9.17, 15) is 13.6 Å². The van der Waals surface area contributed by atoms with Crippen LogP contribution in [0.4, 0.5) is 8.78 Å². The van der Waals surface area contributed by atoms with E-state index in [1.807, 2.05) is 0 Å². The minimum absolute atomic E-state index is 0. The molecule has 0 spiro atoms. The summed E-state index contributed by atoms with van der Waals surface area (Å²) in [4.78, 5) is 12.5. The number of hydrogen-bond donors (Lipinski definition) is 2. The van der Waals surface area contributed by atoms with Gasteiger partial charge in [-0.3, -0.25) is 4.79 Å². The van der Waals surface area contributed by atoms with Crippen LogP contribution in [0.3, 0.4) is 0 Å². The fraction of sp³-hybridized carbons (Fsp3) is 0.533. The van der Waals surface area contributed by atoms with Crippen molar-refractivity contribution in [2.24, 2.45) is 5.73 Å². The minimum Gasteiger partial charge on any atom is -0.349 e. The lowest BCUT2D eigenvalue weighted by Gasteiger charge is -2.29. The zero-order valence-electron chi connectivity index (χ0n) is 12.1. The highest BCUT2D eigenvalue weighted by Gasteiger charge is 2.43. The van der Waals surface area contributed by atoms with Gasteiger partial charge in [0.15, 0.2) is 0 Å². The van der Waals surface area contributed by atoms with Crippen molar-refractivity contribution in [2.75, 3.05) is 13.1 Å². The highest BCUT2D eigenvalue weighted by Crippen LogP contribution is 2.41. The number of nitrogens with one attached hydrogen (secondary N) is 1. The molecule has 0 radical (unpaired) electrons. The second kappa shape index (κ2) is 7.57. The maximum atomic E-state index is 13.2. The van der Waals surface area contributed by atoms with Crippen molar-refractivity contribution in [1.29, 1.82) is 0 Å². The van der Waals surface area contributed by atoms with Gasteiger partial charge in [0.1, 0.15) is 0 Å². The summed E-state index contributed by atoms with van der Waals surface area (Å²) in [6.45, 7) is -1.50. The van der Waals surface area contributed by atoms with Crippen LogP contribution in [0.2, 0.25) is 5.02 Å². The van der Waals surface area contributed by atoms with Gasteiger partial charge in [0, 0.05) is 5.02 Å². The van der Waals surface area contributed by atoms with Crippen LogP contribution in [0.5, 0.6) is 0 Å². The third-order valence-corrected chi connectivity index (χ3v) is 4.35. The number of carbonyl (C=O) groups excluding carboxylic acids is 1. The van der Waals surface area contributed by atoms with E-state index in [2.05, 4.69) is 5.32 Å². The van der Waals surface area contributed by atoms with Crippen LogP contribution in [0.1, 0.15) is 31.2 Å². The van der Waals surface area contributed by atoms with Crippen LogP contribution in [0, 0.1) is 0 Å². The van der Waals surface area contributed by atoms with E-state index in [1.54, 1.807) is 24.3 Å². The molecule has 7 heteroatoms. The lowest BCUT2D eigenvalue weighted by Crippen LogP contribution is -2.48. The third kappa shape index (κ3) is 4.09. The van der Waals surface area contributed by atoms with Gasteiger partial charge < -0.3 is 11.1 Å². The van der Waals surface area contributed by atoms with Crippen molar-refractivity contribution < 1.29 is 13.6 Å². The Labute approximate surface area is 140 Å². The quantitative estimate of drug-likeness (QED) is 0.854. The summed E-state index contributed by atoms with van der Waals surface area (Å²) in [5.74, 6) is -3.43. The van der Waals surface area contributed by atoms with Gasteiger partial charge in [0.25, 0.3) is 5.92 Å². The predicted octanol–water partition coefficient (Wildman–Crippen LogP) is 3.28. The molecule has 0 heterocycles. The molecule has 2 rings (SSSR count). The molecule has 3 nitrogen and oxygen atoms in total. The van der Waals surface area contributed by atoms with Crippen molar-refractivity contribution in [2.45, 2.75) is 37.0 Å². The van der Waals surface area contributed by atoms with Crippen molar-refractivity contribution in [3.8, 4) is 0 Å². The standard InChI is InChI=1S/C15H19ClF2N2O.ClH/c16-12-5-3-11(4-6-12)14(7-1-2-8-14)13(21)20-10-15(17,18)9-19;/h3-6H,1-2,7-10,19H2,(H,20,21);1H. The largest absolute Gasteiger partial charge is 0.349 e. The highest BCUT2D eigenvalue weighted by molar-refractivity contribution is 6.30. The molecule has 0 unspecified atom stereocenters. The monoisotopic (exact) mass is 352 g/mol. The Bertz CT molecular complexity index is 503. The average molecular weight is 353 g/mol. The Kier molecular flexibility index (Phi) is 6.59. The molecule has 3 N–H and O–H groups in total.